The molecule has 15 heavy (non-hydrogen) atoms. The van der Waals surface area contributed by atoms with E-state index < -0.39 is 5.41 Å². The summed E-state index contributed by atoms with van der Waals surface area (Å²) in [5, 5.41) is 18.3. The van der Waals surface area contributed by atoms with Gasteiger partial charge in [-0.1, -0.05) is 6.92 Å². The monoisotopic (exact) mass is 230 g/mol. The second-order valence-corrected chi connectivity index (χ2v) is 5.24. The minimum Gasteiger partial charge on any atom is -0.396 e. The maximum atomic E-state index is 9.16. The van der Waals surface area contributed by atoms with Crippen molar-refractivity contribution in [3.05, 3.63) is 16.6 Å². The summed E-state index contributed by atoms with van der Waals surface area (Å²) in [5.74, 6) is 0. The van der Waals surface area contributed by atoms with E-state index in [1.807, 2.05) is 20.2 Å². The van der Waals surface area contributed by atoms with Crippen LogP contribution < -0.4 is 0 Å². The minimum atomic E-state index is -0.431. The average molecular weight is 230 g/mol. The van der Waals surface area contributed by atoms with E-state index in [2.05, 4.69) is 9.88 Å². The number of hydrogen-bond acceptors (Lipinski definition) is 5. The molecule has 0 saturated carbocycles. The molecule has 4 nitrogen and oxygen atoms in total. The highest BCUT2D eigenvalue weighted by Gasteiger charge is 2.24. The second kappa shape index (κ2) is 5.55. The predicted octanol–water partition coefficient (Wildman–Crippen LogP) is 0.566. The van der Waals surface area contributed by atoms with Crippen LogP contribution in [0.25, 0.3) is 0 Å². The Morgan fingerprint density at radius 2 is 2.13 bits per heavy atom. The van der Waals surface area contributed by atoms with E-state index in [-0.39, 0.29) is 13.2 Å². The molecule has 2 N–H and O–H groups in total. The van der Waals surface area contributed by atoms with E-state index in [9.17, 15) is 0 Å². The quantitative estimate of drug-likeness (QED) is 0.750. The molecule has 1 rings (SSSR count). The Kier molecular flexibility index (Phi) is 4.66. The third kappa shape index (κ3) is 3.87. The average Bonchev–Trinajstić information content (AvgIpc) is 2.70. The fourth-order valence-corrected chi connectivity index (χ4v) is 2.12. The van der Waals surface area contributed by atoms with Crippen molar-refractivity contribution in [1.82, 2.24) is 9.88 Å². The molecule has 0 fully saturated rings. The molecule has 0 unspecified atom stereocenters. The van der Waals surface area contributed by atoms with Crippen LogP contribution in [0.1, 0.15) is 11.8 Å². The molecule has 0 aromatic carbocycles. The number of aromatic nitrogens is 1. The van der Waals surface area contributed by atoms with Gasteiger partial charge in [0.2, 0.25) is 0 Å². The number of thiazole rings is 1. The summed E-state index contributed by atoms with van der Waals surface area (Å²) in [5.41, 5.74) is 1.37. The SMILES string of the molecule is CN(Cc1cncs1)CC(C)(CO)CO. The van der Waals surface area contributed by atoms with Crippen molar-refractivity contribution in [2.24, 2.45) is 5.41 Å². The first-order valence-electron chi connectivity index (χ1n) is 4.87. The van der Waals surface area contributed by atoms with Crippen molar-refractivity contribution in [3.8, 4) is 0 Å². The number of aliphatic hydroxyl groups excluding tert-OH is 2. The molecule has 0 amide bonds. The molecular formula is C10H18N2O2S. The maximum Gasteiger partial charge on any atom is 0.0794 e. The van der Waals surface area contributed by atoms with Gasteiger partial charge in [-0.05, 0) is 7.05 Å². The van der Waals surface area contributed by atoms with Crippen LogP contribution in [0.15, 0.2) is 11.7 Å². The van der Waals surface area contributed by atoms with Crippen LogP contribution in [-0.4, -0.2) is 46.9 Å². The van der Waals surface area contributed by atoms with Crippen LogP contribution in [-0.2, 0) is 6.54 Å². The molecule has 1 aromatic rings. The number of nitrogens with zero attached hydrogens (tertiary/aromatic N) is 2. The first kappa shape index (κ1) is 12.6. The summed E-state index contributed by atoms with van der Waals surface area (Å²) in [6, 6.07) is 0. The lowest BCUT2D eigenvalue weighted by molar-refractivity contribution is 0.0404. The first-order chi connectivity index (χ1) is 7.09. The fraction of sp³-hybridized carbons (Fsp3) is 0.700. The molecule has 0 spiro atoms. The van der Waals surface area contributed by atoms with Gasteiger partial charge in [0.05, 0.1) is 18.7 Å². The molecule has 0 atom stereocenters. The molecule has 0 aliphatic heterocycles. The zero-order valence-electron chi connectivity index (χ0n) is 9.18. The van der Waals surface area contributed by atoms with Crippen LogP contribution in [0.3, 0.4) is 0 Å². The normalized spacial score (nSPS) is 12.3. The number of hydrogen-bond donors (Lipinski definition) is 2. The molecule has 1 aromatic heterocycles. The van der Waals surface area contributed by atoms with Gasteiger partial charge in [0.15, 0.2) is 0 Å². The van der Waals surface area contributed by atoms with Crippen LogP contribution in [0.2, 0.25) is 0 Å². The van der Waals surface area contributed by atoms with Gasteiger partial charge in [-0.2, -0.15) is 0 Å². The third-order valence-electron chi connectivity index (χ3n) is 2.32. The predicted molar refractivity (Wildman–Crippen MR) is 60.7 cm³/mol. The summed E-state index contributed by atoms with van der Waals surface area (Å²) in [7, 11) is 1.98. The zero-order chi connectivity index (χ0) is 11.3. The Labute approximate surface area is 94.2 Å². The summed E-state index contributed by atoms with van der Waals surface area (Å²) >= 11 is 1.61. The molecule has 0 saturated heterocycles. The molecule has 0 aliphatic rings. The van der Waals surface area contributed by atoms with Crippen LogP contribution in [0.5, 0.6) is 0 Å². The van der Waals surface area contributed by atoms with Gasteiger partial charge in [-0.25, -0.2) is 0 Å². The van der Waals surface area contributed by atoms with Crippen LogP contribution >= 0.6 is 11.3 Å². The van der Waals surface area contributed by atoms with Crippen molar-refractivity contribution in [3.63, 3.8) is 0 Å². The van der Waals surface area contributed by atoms with Gasteiger partial charge in [0.25, 0.3) is 0 Å². The molecule has 0 radical (unpaired) electrons. The summed E-state index contributed by atoms with van der Waals surface area (Å²) in [6.07, 6.45) is 1.84. The van der Waals surface area contributed by atoms with Crippen molar-refractivity contribution < 1.29 is 10.2 Å². The Hall–Kier alpha value is -0.490. The summed E-state index contributed by atoms with van der Waals surface area (Å²) in [4.78, 5) is 7.28. The number of aliphatic hydroxyl groups is 2. The summed E-state index contributed by atoms with van der Waals surface area (Å²) < 4.78 is 0. The second-order valence-electron chi connectivity index (χ2n) is 4.27. The van der Waals surface area contributed by atoms with E-state index in [0.717, 1.165) is 6.54 Å². The molecule has 1 heterocycles. The minimum absolute atomic E-state index is 0.00344. The maximum absolute atomic E-state index is 9.16. The lowest BCUT2D eigenvalue weighted by Gasteiger charge is -2.29. The van der Waals surface area contributed by atoms with E-state index in [1.54, 1.807) is 16.8 Å². The molecular weight excluding hydrogens is 212 g/mol. The largest absolute Gasteiger partial charge is 0.396 e. The first-order valence-corrected chi connectivity index (χ1v) is 5.75. The Morgan fingerprint density at radius 3 is 2.60 bits per heavy atom. The van der Waals surface area contributed by atoms with Gasteiger partial charge >= 0.3 is 0 Å². The Bertz CT molecular complexity index is 273. The molecule has 86 valence electrons. The zero-order valence-corrected chi connectivity index (χ0v) is 10.00. The van der Waals surface area contributed by atoms with E-state index >= 15 is 0 Å². The third-order valence-corrected chi connectivity index (χ3v) is 3.09. The van der Waals surface area contributed by atoms with Crippen LogP contribution in [0.4, 0.5) is 0 Å². The molecule has 5 heteroatoms. The molecule has 0 bridgehead atoms. The highest BCUT2D eigenvalue weighted by atomic mass is 32.1. The van der Waals surface area contributed by atoms with Gasteiger partial charge in [-0.3, -0.25) is 4.98 Å². The smallest absolute Gasteiger partial charge is 0.0794 e. The van der Waals surface area contributed by atoms with Crippen molar-refractivity contribution in [2.45, 2.75) is 13.5 Å². The lowest BCUT2D eigenvalue weighted by atomic mass is 9.92. The van der Waals surface area contributed by atoms with Gasteiger partial charge in [0.1, 0.15) is 0 Å². The van der Waals surface area contributed by atoms with Crippen LogP contribution in [0, 0.1) is 5.41 Å². The Balaban J connectivity index is 2.44. The summed E-state index contributed by atoms with van der Waals surface area (Å²) in [6.45, 7) is 3.33. The highest BCUT2D eigenvalue weighted by molar-refractivity contribution is 7.09. The highest BCUT2D eigenvalue weighted by Crippen LogP contribution is 2.17. The van der Waals surface area contributed by atoms with E-state index in [1.165, 1.54) is 4.88 Å². The topological polar surface area (TPSA) is 56.6 Å². The van der Waals surface area contributed by atoms with E-state index in [0.29, 0.717) is 6.54 Å². The van der Waals surface area contributed by atoms with Gasteiger partial charge in [0, 0.05) is 29.6 Å². The standard InChI is InChI=1S/C10H18N2O2S/c1-10(6-13,7-14)5-12(2)4-9-3-11-8-15-9/h3,8,13-14H,4-7H2,1-2H3. The van der Waals surface area contributed by atoms with Gasteiger partial charge in [-0.15, -0.1) is 11.3 Å². The van der Waals surface area contributed by atoms with Crippen molar-refractivity contribution in [2.75, 3.05) is 26.8 Å². The molecule has 0 aliphatic carbocycles. The van der Waals surface area contributed by atoms with Gasteiger partial charge < -0.3 is 15.1 Å². The number of rotatable bonds is 6. The fourth-order valence-electron chi connectivity index (χ4n) is 1.44. The Morgan fingerprint density at radius 1 is 1.47 bits per heavy atom. The van der Waals surface area contributed by atoms with Crippen molar-refractivity contribution in [1.29, 1.82) is 0 Å². The van der Waals surface area contributed by atoms with E-state index in [4.69, 9.17) is 10.2 Å². The van der Waals surface area contributed by atoms with Crippen molar-refractivity contribution >= 4 is 11.3 Å². The lowest BCUT2D eigenvalue weighted by Crippen LogP contribution is -2.38.